The molecule has 128 valence electrons. The molecule has 0 fully saturated rings. The van der Waals surface area contributed by atoms with E-state index in [0.717, 1.165) is 11.1 Å². The Morgan fingerprint density at radius 1 is 0.962 bits per heavy atom. The molecule has 0 unspecified atom stereocenters. The molecule has 26 heavy (non-hydrogen) atoms. The number of benzene rings is 3. The first-order chi connectivity index (χ1) is 12.6. The first-order valence-electron chi connectivity index (χ1n) is 8.13. The Hall–Kier alpha value is -3.60. The van der Waals surface area contributed by atoms with Crippen molar-refractivity contribution in [1.82, 2.24) is 4.98 Å². The summed E-state index contributed by atoms with van der Waals surface area (Å²) in [4.78, 5) is 8.71. The van der Waals surface area contributed by atoms with Crippen molar-refractivity contribution in [2.24, 2.45) is 4.99 Å². The average Bonchev–Trinajstić information content (AvgIpc) is 3.04. The molecule has 3 aromatic carbocycles. The van der Waals surface area contributed by atoms with Crippen molar-refractivity contribution in [3.8, 4) is 23.0 Å². The molecule has 0 spiro atoms. The van der Waals surface area contributed by atoms with E-state index >= 15 is 0 Å². The molecular weight excluding hydrogens is 328 g/mol. The molecule has 0 bridgehead atoms. The third-order valence-electron chi connectivity index (χ3n) is 4.05. The Balaban J connectivity index is 1.66. The number of aromatic nitrogens is 1. The van der Waals surface area contributed by atoms with Gasteiger partial charge in [-0.3, -0.25) is 4.99 Å². The van der Waals surface area contributed by atoms with Gasteiger partial charge in [0.2, 0.25) is 5.89 Å². The van der Waals surface area contributed by atoms with Gasteiger partial charge in [0, 0.05) is 17.8 Å². The molecule has 5 heteroatoms. The lowest BCUT2D eigenvalue weighted by Gasteiger charge is -2.02. The highest BCUT2D eigenvalue weighted by Gasteiger charge is 2.12. The summed E-state index contributed by atoms with van der Waals surface area (Å²) >= 11 is 0. The Morgan fingerprint density at radius 3 is 2.62 bits per heavy atom. The summed E-state index contributed by atoms with van der Waals surface area (Å²) < 4.78 is 5.76. The van der Waals surface area contributed by atoms with Crippen molar-refractivity contribution in [3.63, 3.8) is 0 Å². The number of para-hydroxylation sites is 1. The largest absolute Gasteiger partial charge is 0.507 e. The first-order valence-corrected chi connectivity index (χ1v) is 8.13. The van der Waals surface area contributed by atoms with E-state index in [1.54, 1.807) is 36.5 Å². The number of oxazole rings is 1. The van der Waals surface area contributed by atoms with Crippen LogP contribution in [0.5, 0.6) is 11.5 Å². The topological polar surface area (TPSA) is 78.9 Å². The number of aliphatic imine (C=N–C) groups is 1. The third-order valence-corrected chi connectivity index (χ3v) is 4.05. The average molecular weight is 344 g/mol. The smallest absolute Gasteiger partial charge is 0.231 e. The van der Waals surface area contributed by atoms with Crippen LogP contribution in [0, 0.1) is 6.92 Å². The number of phenolic OH excluding ortho intramolecular Hbond substituents is 2. The molecule has 0 radical (unpaired) electrons. The van der Waals surface area contributed by atoms with Crippen LogP contribution in [-0.4, -0.2) is 21.4 Å². The maximum atomic E-state index is 10.4. The first kappa shape index (κ1) is 15.9. The SMILES string of the molecule is Cc1ccc2nc(-c3ccc(N=Cc4ccccc4O)cc3O)oc2c1. The summed E-state index contributed by atoms with van der Waals surface area (Å²) in [6, 6.07) is 17.7. The van der Waals surface area contributed by atoms with E-state index in [2.05, 4.69) is 9.98 Å². The predicted molar refractivity (Wildman–Crippen MR) is 101 cm³/mol. The van der Waals surface area contributed by atoms with Crippen molar-refractivity contribution in [3.05, 3.63) is 71.8 Å². The molecule has 5 nitrogen and oxygen atoms in total. The van der Waals surface area contributed by atoms with Gasteiger partial charge in [-0.25, -0.2) is 4.98 Å². The second-order valence-corrected chi connectivity index (χ2v) is 6.01. The molecule has 0 saturated carbocycles. The van der Waals surface area contributed by atoms with E-state index in [1.165, 1.54) is 6.07 Å². The standard InChI is InChI=1S/C21H16N2O3/c1-13-6-9-17-20(10-13)26-21(23-17)16-8-7-15(11-19(16)25)22-12-14-4-2-3-5-18(14)24/h2-12,24-25H,1H3. The van der Waals surface area contributed by atoms with Crippen LogP contribution in [0.2, 0.25) is 0 Å². The second-order valence-electron chi connectivity index (χ2n) is 6.01. The lowest BCUT2D eigenvalue weighted by Crippen LogP contribution is -1.82. The summed E-state index contributed by atoms with van der Waals surface area (Å²) in [6.45, 7) is 1.98. The highest BCUT2D eigenvalue weighted by molar-refractivity contribution is 5.85. The maximum absolute atomic E-state index is 10.4. The number of nitrogens with zero attached hydrogens (tertiary/aromatic N) is 2. The van der Waals surface area contributed by atoms with E-state index in [-0.39, 0.29) is 11.5 Å². The molecular formula is C21H16N2O3. The number of aryl methyl sites for hydroxylation is 1. The molecule has 0 saturated heterocycles. The summed E-state index contributed by atoms with van der Waals surface area (Å²) in [6.07, 6.45) is 1.55. The molecule has 0 amide bonds. The molecule has 0 aliphatic rings. The Bertz CT molecular complexity index is 1130. The van der Waals surface area contributed by atoms with Gasteiger partial charge in [-0.15, -0.1) is 0 Å². The van der Waals surface area contributed by atoms with Crippen molar-refractivity contribution in [1.29, 1.82) is 0 Å². The minimum Gasteiger partial charge on any atom is -0.507 e. The zero-order chi connectivity index (χ0) is 18.1. The van der Waals surface area contributed by atoms with Gasteiger partial charge < -0.3 is 14.6 Å². The molecule has 1 heterocycles. The minimum atomic E-state index is 0.0280. The van der Waals surface area contributed by atoms with Crippen LogP contribution in [0.15, 0.2) is 70.1 Å². The van der Waals surface area contributed by atoms with Crippen molar-refractivity contribution < 1.29 is 14.6 Å². The summed E-state index contributed by atoms with van der Waals surface area (Å²) in [5.74, 6) is 0.540. The highest BCUT2D eigenvalue weighted by Crippen LogP contribution is 2.34. The lowest BCUT2D eigenvalue weighted by molar-refractivity contribution is 0.474. The van der Waals surface area contributed by atoms with Gasteiger partial charge in [-0.2, -0.15) is 0 Å². The number of rotatable bonds is 3. The molecule has 0 atom stereocenters. The fourth-order valence-corrected chi connectivity index (χ4v) is 2.67. The van der Waals surface area contributed by atoms with Crippen LogP contribution in [0.3, 0.4) is 0 Å². The van der Waals surface area contributed by atoms with Crippen LogP contribution in [-0.2, 0) is 0 Å². The van der Waals surface area contributed by atoms with Crippen LogP contribution < -0.4 is 0 Å². The van der Waals surface area contributed by atoms with Gasteiger partial charge in [0.1, 0.15) is 17.0 Å². The predicted octanol–water partition coefficient (Wildman–Crippen LogP) is 4.97. The third kappa shape index (κ3) is 3.02. The monoisotopic (exact) mass is 344 g/mol. The van der Waals surface area contributed by atoms with Crippen LogP contribution >= 0.6 is 0 Å². The Labute approximate surface area is 149 Å². The molecule has 4 aromatic rings. The van der Waals surface area contributed by atoms with Gasteiger partial charge in [-0.1, -0.05) is 18.2 Å². The number of hydrogen-bond donors (Lipinski definition) is 2. The summed E-state index contributed by atoms with van der Waals surface area (Å²) in [5, 5.41) is 20.1. The summed E-state index contributed by atoms with van der Waals surface area (Å²) in [5.41, 5.74) is 4.16. The van der Waals surface area contributed by atoms with E-state index in [4.69, 9.17) is 4.42 Å². The number of phenols is 2. The Kier molecular flexibility index (Phi) is 3.89. The molecule has 0 aliphatic carbocycles. The minimum absolute atomic E-state index is 0.0280. The van der Waals surface area contributed by atoms with E-state index < -0.39 is 0 Å². The number of hydrogen-bond acceptors (Lipinski definition) is 5. The van der Waals surface area contributed by atoms with Gasteiger partial charge in [0.15, 0.2) is 5.58 Å². The zero-order valence-corrected chi connectivity index (χ0v) is 14.0. The highest BCUT2D eigenvalue weighted by atomic mass is 16.3. The van der Waals surface area contributed by atoms with Crippen LogP contribution in [0.1, 0.15) is 11.1 Å². The van der Waals surface area contributed by atoms with Gasteiger partial charge in [0.05, 0.1) is 11.3 Å². The number of aromatic hydroxyl groups is 2. The fourth-order valence-electron chi connectivity index (χ4n) is 2.67. The maximum Gasteiger partial charge on any atom is 0.231 e. The fraction of sp³-hybridized carbons (Fsp3) is 0.0476. The van der Waals surface area contributed by atoms with Gasteiger partial charge in [0.25, 0.3) is 0 Å². The second kappa shape index (κ2) is 6.37. The molecule has 0 aliphatic heterocycles. The van der Waals surface area contributed by atoms with Crippen molar-refractivity contribution in [2.75, 3.05) is 0 Å². The molecule has 4 rings (SSSR count). The van der Waals surface area contributed by atoms with Crippen LogP contribution in [0.25, 0.3) is 22.6 Å². The van der Waals surface area contributed by atoms with E-state index in [1.807, 2.05) is 31.2 Å². The summed E-state index contributed by atoms with van der Waals surface area (Å²) in [7, 11) is 0. The van der Waals surface area contributed by atoms with Crippen molar-refractivity contribution in [2.45, 2.75) is 6.92 Å². The number of fused-ring (bicyclic) bond motifs is 1. The lowest BCUT2D eigenvalue weighted by atomic mass is 10.1. The van der Waals surface area contributed by atoms with E-state index in [0.29, 0.717) is 28.3 Å². The van der Waals surface area contributed by atoms with Gasteiger partial charge >= 0.3 is 0 Å². The van der Waals surface area contributed by atoms with Gasteiger partial charge in [-0.05, 0) is 48.9 Å². The molecule has 2 N–H and O–H groups in total. The normalized spacial score (nSPS) is 11.4. The quantitative estimate of drug-likeness (QED) is 0.515. The van der Waals surface area contributed by atoms with Crippen molar-refractivity contribution >= 4 is 23.0 Å². The van der Waals surface area contributed by atoms with E-state index in [9.17, 15) is 10.2 Å². The Morgan fingerprint density at radius 2 is 1.81 bits per heavy atom. The molecule has 1 aromatic heterocycles. The zero-order valence-electron chi connectivity index (χ0n) is 14.0. The van der Waals surface area contributed by atoms with Crippen LogP contribution in [0.4, 0.5) is 5.69 Å².